The monoisotopic (exact) mass is 297 g/mol. The predicted octanol–water partition coefficient (Wildman–Crippen LogP) is 2.44. The third-order valence-corrected chi connectivity index (χ3v) is 4.03. The van der Waals surface area contributed by atoms with Gasteiger partial charge in [0.1, 0.15) is 0 Å². The maximum Gasteiger partial charge on any atom is 0.229 e. The minimum Gasteiger partial charge on any atom is -0.380 e. The molecule has 0 aliphatic rings. The Labute approximate surface area is 116 Å². The Bertz CT molecular complexity index is 648. The number of sulfonamides is 1. The average Bonchev–Trinajstić information content (AvgIpc) is 2.72. The molecule has 0 radical (unpaired) electrons. The van der Waals surface area contributed by atoms with Gasteiger partial charge in [0.25, 0.3) is 0 Å². The molecular weight excluding hydrogens is 282 g/mol. The molecule has 0 aliphatic carbocycles. The first-order chi connectivity index (χ1) is 8.94. The summed E-state index contributed by atoms with van der Waals surface area (Å²) in [6.45, 7) is 2.70. The van der Waals surface area contributed by atoms with E-state index in [9.17, 15) is 8.42 Å². The summed E-state index contributed by atoms with van der Waals surface area (Å²) in [5, 5.41) is 3.27. The Morgan fingerprint density at radius 1 is 1.21 bits per heavy atom. The van der Waals surface area contributed by atoms with E-state index in [0.29, 0.717) is 5.69 Å². The number of nitrogens with zero attached hydrogens (tertiary/aromatic N) is 1. The van der Waals surface area contributed by atoms with Crippen molar-refractivity contribution < 1.29 is 8.42 Å². The molecule has 0 fully saturated rings. The van der Waals surface area contributed by atoms with Gasteiger partial charge < -0.3 is 5.32 Å². The van der Waals surface area contributed by atoms with Crippen molar-refractivity contribution in [1.29, 1.82) is 0 Å². The lowest BCUT2D eigenvalue weighted by Gasteiger charge is -2.07. The van der Waals surface area contributed by atoms with E-state index < -0.39 is 10.0 Å². The summed E-state index contributed by atoms with van der Waals surface area (Å²) < 4.78 is 24.6. The van der Waals surface area contributed by atoms with Gasteiger partial charge >= 0.3 is 0 Å². The molecule has 7 heteroatoms. The van der Waals surface area contributed by atoms with E-state index in [1.165, 1.54) is 4.88 Å². The van der Waals surface area contributed by atoms with Crippen LogP contribution in [0.15, 0.2) is 29.8 Å². The highest BCUT2D eigenvalue weighted by molar-refractivity contribution is 7.92. The molecule has 2 aromatic rings. The fourth-order valence-electron chi connectivity index (χ4n) is 1.55. The van der Waals surface area contributed by atoms with Crippen LogP contribution in [-0.2, 0) is 16.6 Å². The van der Waals surface area contributed by atoms with Crippen LogP contribution >= 0.6 is 11.3 Å². The van der Waals surface area contributed by atoms with Crippen molar-refractivity contribution in [2.45, 2.75) is 13.5 Å². The second-order valence-corrected chi connectivity index (χ2v) is 6.85. The minimum absolute atomic E-state index is 0.557. The third-order valence-electron chi connectivity index (χ3n) is 2.49. The van der Waals surface area contributed by atoms with E-state index in [1.807, 2.05) is 24.6 Å². The maximum atomic E-state index is 11.1. The Hall–Kier alpha value is -1.60. The van der Waals surface area contributed by atoms with E-state index in [1.54, 1.807) is 23.5 Å². The summed E-state index contributed by atoms with van der Waals surface area (Å²) in [5.74, 6) is 0. The van der Waals surface area contributed by atoms with Crippen LogP contribution in [0.5, 0.6) is 0 Å². The van der Waals surface area contributed by atoms with Gasteiger partial charge in [-0.2, -0.15) is 0 Å². The van der Waals surface area contributed by atoms with Crippen molar-refractivity contribution in [2.75, 3.05) is 16.3 Å². The minimum atomic E-state index is -3.22. The van der Waals surface area contributed by atoms with Crippen LogP contribution in [-0.4, -0.2) is 19.7 Å². The zero-order valence-electron chi connectivity index (χ0n) is 10.7. The summed E-state index contributed by atoms with van der Waals surface area (Å²) in [6.07, 6.45) is 1.13. The van der Waals surface area contributed by atoms with Crippen molar-refractivity contribution >= 4 is 32.7 Å². The van der Waals surface area contributed by atoms with Crippen LogP contribution < -0.4 is 10.0 Å². The van der Waals surface area contributed by atoms with Gasteiger partial charge in [0.15, 0.2) is 0 Å². The molecule has 0 spiro atoms. The molecular formula is C12H15N3O2S2. The number of hydrogen-bond acceptors (Lipinski definition) is 5. The van der Waals surface area contributed by atoms with Gasteiger partial charge in [-0.25, -0.2) is 13.4 Å². The van der Waals surface area contributed by atoms with Crippen LogP contribution in [0, 0.1) is 6.92 Å². The number of nitrogens with one attached hydrogen (secondary N) is 2. The average molecular weight is 297 g/mol. The van der Waals surface area contributed by atoms with Crippen LogP contribution in [0.1, 0.15) is 10.6 Å². The number of thiazole rings is 1. The number of benzene rings is 1. The summed E-state index contributed by atoms with van der Waals surface area (Å²) >= 11 is 1.61. The van der Waals surface area contributed by atoms with Gasteiger partial charge in [0.05, 0.1) is 24.0 Å². The van der Waals surface area contributed by atoms with Crippen LogP contribution in [0.3, 0.4) is 0 Å². The van der Waals surface area contributed by atoms with E-state index in [4.69, 9.17) is 0 Å². The first-order valence-corrected chi connectivity index (χ1v) is 8.42. The molecule has 1 aromatic carbocycles. The topological polar surface area (TPSA) is 71.1 Å². The fourth-order valence-corrected chi connectivity index (χ4v) is 2.83. The van der Waals surface area contributed by atoms with Crippen molar-refractivity contribution in [1.82, 2.24) is 4.98 Å². The molecule has 0 amide bonds. The first-order valence-electron chi connectivity index (χ1n) is 5.65. The highest BCUT2D eigenvalue weighted by Crippen LogP contribution is 2.17. The van der Waals surface area contributed by atoms with Crippen molar-refractivity contribution in [3.63, 3.8) is 0 Å². The second-order valence-electron chi connectivity index (χ2n) is 4.17. The van der Waals surface area contributed by atoms with Crippen molar-refractivity contribution in [3.05, 3.63) is 40.3 Å². The molecule has 19 heavy (non-hydrogen) atoms. The van der Waals surface area contributed by atoms with Gasteiger partial charge in [-0.05, 0) is 31.2 Å². The first kappa shape index (κ1) is 13.8. The molecule has 5 nitrogen and oxygen atoms in total. The van der Waals surface area contributed by atoms with Crippen LogP contribution in [0.25, 0.3) is 0 Å². The molecule has 0 saturated carbocycles. The zero-order valence-corrected chi connectivity index (χ0v) is 12.3. The van der Waals surface area contributed by atoms with Crippen LogP contribution in [0.4, 0.5) is 11.4 Å². The molecule has 0 aliphatic heterocycles. The number of rotatable bonds is 5. The normalized spacial score (nSPS) is 11.3. The molecule has 2 N–H and O–H groups in total. The third kappa shape index (κ3) is 4.22. The molecule has 0 atom stereocenters. The largest absolute Gasteiger partial charge is 0.380 e. The molecule has 1 aromatic heterocycles. The lowest BCUT2D eigenvalue weighted by Crippen LogP contribution is -2.09. The summed E-state index contributed by atoms with van der Waals surface area (Å²) in [7, 11) is -3.22. The summed E-state index contributed by atoms with van der Waals surface area (Å²) in [4.78, 5) is 5.38. The van der Waals surface area contributed by atoms with E-state index >= 15 is 0 Å². The Morgan fingerprint density at radius 2 is 1.84 bits per heavy atom. The molecule has 1 heterocycles. The number of aryl methyl sites for hydroxylation is 1. The van der Waals surface area contributed by atoms with E-state index in [-0.39, 0.29) is 0 Å². The smallest absolute Gasteiger partial charge is 0.229 e. The maximum absolute atomic E-state index is 11.1. The molecule has 102 valence electrons. The SMILES string of the molecule is Cc1ncsc1CNc1ccc(NS(C)(=O)=O)cc1. The summed E-state index contributed by atoms with van der Waals surface area (Å²) in [5.41, 5.74) is 4.35. The van der Waals surface area contributed by atoms with Gasteiger partial charge in [-0.1, -0.05) is 0 Å². The molecule has 0 bridgehead atoms. The van der Waals surface area contributed by atoms with Crippen LogP contribution in [0.2, 0.25) is 0 Å². The Kier molecular flexibility index (Phi) is 4.06. The fraction of sp³-hybridized carbons (Fsp3) is 0.250. The highest BCUT2D eigenvalue weighted by Gasteiger charge is 2.03. The number of hydrogen-bond donors (Lipinski definition) is 2. The summed E-state index contributed by atoms with van der Waals surface area (Å²) in [6, 6.07) is 7.12. The second kappa shape index (κ2) is 5.58. The quantitative estimate of drug-likeness (QED) is 0.889. The number of aromatic nitrogens is 1. The van der Waals surface area contributed by atoms with E-state index in [0.717, 1.165) is 24.2 Å². The van der Waals surface area contributed by atoms with Crippen molar-refractivity contribution in [2.24, 2.45) is 0 Å². The molecule has 0 saturated heterocycles. The van der Waals surface area contributed by atoms with Gasteiger partial charge in [-0.3, -0.25) is 4.72 Å². The molecule has 0 unspecified atom stereocenters. The van der Waals surface area contributed by atoms with Gasteiger partial charge in [0, 0.05) is 16.3 Å². The Balaban J connectivity index is 1.97. The standard InChI is InChI=1S/C12H15N3O2S2/c1-9-12(18-8-14-9)7-13-10-3-5-11(6-4-10)15-19(2,16)17/h3-6,8,13,15H,7H2,1-2H3. The number of anilines is 2. The van der Waals surface area contributed by atoms with Crippen molar-refractivity contribution in [3.8, 4) is 0 Å². The lowest BCUT2D eigenvalue weighted by molar-refractivity contribution is 0.607. The van der Waals surface area contributed by atoms with E-state index in [2.05, 4.69) is 15.0 Å². The predicted molar refractivity (Wildman–Crippen MR) is 79.1 cm³/mol. The Morgan fingerprint density at radius 3 is 2.37 bits per heavy atom. The lowest BCUT2D eigenvalue weighted by atomic mass is 10.3. The van der Waals surface area contributed by atoms with Gasteiger partial charge in [-0.15, -0.1) is 11.3 Å². The van der Waals surface area contributed by atoms with Gasteiger partial charge in [0.2, 0.25) is 10.0 Å². The molecule has 2 rings (SSSR count). The zero-order chi connectivity index (χ0) is 13.9. The highest BCUT2D eigenvalue weighted by atomic mass is 32.2.